The third-order valence-electron chi connectivity index (χ3n) is 1.85. The van der Waals surface area contributed by atoms with Gasteiger partial charge in [0.05, 0.1) is 13.3 Å². The second-order valence-corrected chi connectivity index (χ2v) is 4.51. The van der Waals surface area contributed by atoms with Crippen molar-refractivity contribution in [3.8, 4) is 5.75 Å². The Labute approximate surface area is 103 Å². The lowest BCUT2D eigenvalue weighted by Gasteiger charge is -2.06. The van der Waals surface area contributed by atoms with Gasteiger partial charge >= 0.3 is 6.03 Å². The molecule has 1 rings (SSSR count). The quantitative estimate of drug-likeness (QED) is 0.402. The number of benzene rings is 1. The Bertz CT molecular complexity index is 582. The van der Waals surface area contributed by atoms with Crippen LogP contribution in [0.15, 0.2) is 28.2 Å². The fourth-order valence-electron chi connectivity index (χ4n) is 1.15. The van der Waals surface area contributed by atoms with E-state index in [1.165, 1.54) is 25.5 Å². The van der Waals surface area contributed by atoms with Crippen LogP contribution in [0.5, 0.6) is 5.75 Å². The molecule has 0 aliphatic rings. The molecule has 18 heavy (non-hydrogen) atoms. The van der Waals surface area contributed by atoms with E-state index in [1.54, 1.807) is 0 Å². The summed E-state index contributed by atoms with van der Waals surface area (Å²) in [4.78, 5) is 9.96. The largest absolute Gasteiger partial charge is 0.495 e. The number of methoxy groups -OCH3 is 1. The Hall–Kier alpha value is -2.13. The first-order chi connectivity index (χ1) is 8.34. The lowest BCUT2D eigenvalue weighted by molar-refractivity contribution is 0.249. The molecule has 8 nitrogen and oxygen atoms in total. The zero-order valence-electron chi connectivity index (χ0n) is 9.32. The smallest absolute Gasteiger partial charge is 0.332 e. The molecule has 0 aliphatic heterocycles. The van der Waals surface area contributed by atoms with Crippen LogP contribution in [-0.4, -0.2) is 32.3 Å². The van der Waals surface area contributed by atoms with Crippen LogP contribution in [0.3, 0.4) is 0 Å². The van der Waals surface area contributed by atoms with Crippen molar-refractivity contribution in [3.05, 3.63) is 23.8 Å². The summed E-state index contributed by atoms with van der Waals surface area (Å²) in [5.41, 5.74) is 7.06. The molecule has 2 amide bonds. The molecule has 0 atom stereocenters. The van der Waals surface area contributed by atoms with Crippen LogP contribution in [0, 0.1) is 0 Å². The van der Waals surface area contributed by atoms with Gasteiger partial charge in [-0.05, 0) is 23.8 Å². The number of ether oxygens (including phenoxy) is 1. The molecule has 0 bridgehead atoms. The second kappa shape index (κ2) is 5.47. The summed E-state index contributed by atoms with van der Waals surface area (Å²) in [7, 11) is -3.14. The molecule has 0 radical (unpaired) electrons. The highest BCUT2D eigenvalue weighted by Crippen LogP contribution is 2.23. The predicted molar refractivity (Wildman–Crippen MR) is 63.1 cm³/mol. The number of hydrogen-bond donors (Lipinski definition) is 3. The first-order valence-corrected chi connectivity index (χ1v) is 6.02. The number of amides is 2. The van der Waals surface area contributed by atoms with Crippen LogP contribution >= 0.6 is 0 Å². The van der Waals surface area contributed by atoms with Gasteiger partial charge in [0.15, 0.2) is 0 Å². The predicted octanol–water partition coefficient (Wildman–Crippen LogP) is -0.0559. The normalized spacial score (nSPS) is 11.4. The molecule has 0 heterocycles. The number of hydrazone groups is 1. The van der Waals surface area contributed by atoms with Crippen molar-refractivity contribution in [1.82, 2.24) is 5.43 Å². The maximum Gasteiger partial charge on any atom is 0.332 e. The van der Waals surface area contributed by atoms with E-state index < -0.39 is 21.0 Å². The number of carbonyl (C=O) groups excluding carboxylic acids is 1. The van der Waals surface area contributed by atoms with Gasteiger partial charge in [-0.15, -0.1) is 0 Å². The first kappa shape index (κ1) is 13.9. The van der Waals surface area contributed by atoms with E-state index in [4.69, 9.17) is 15.0 Å². The molecular formula is C9H11N3O5S. The molecule has 0 unspecified atom stereocenters. The Morgan fingerprint density at radius 3 is 2.72 bits per heavy atom. The number of hydrogen-bond acceptors (Lipinski definition) is 5. The number of urea groups is 1. The molecule has 0 aliphatic carbocycles. The minimum absolute atomic E-state index is 0.00231. The zero-order valence-corrected chi connectivity index (χ0v) is 10.1. The highest BCUT2D eigenvalue weighted by atomic mass is 32.2. The molecule has 1 aromatic rings. The van der Waals surface area contributed by atoms with E-state index in [9.17, 15) is 13.2 Å². The average molecular weight is 273 g/mol. The highest BCUT2D eigenvalue weighted by Gasteiger charge is 2.16. The Morgan fingerprint density at radius 1 is 1.56 bits per heavy atom. The third kappa shape index (κ3) is 3.71. The van der Waals surface area contributed by atoms with Gasteiger partial charge in [-0.1, -0.05) is 0 Å². The van der Waals surface area contributed by atoms with Gasteiger partial charge in [0.25, 0.3) is 10.1 Å². The molecular weight excluding hydrogens is 262 g/mol. The van der Waals surface area contributed by atoms with Crippen LogP contribution in [0.1, 0.15) is 5.56 Å². The summed E-state index contributed by atoms with van der Waals surface area (Å²) in [5.74, 6) is -0.00231. The van der Waals surface area contributed by atoms with Gasteiger partial charge in [-0.25, -0.2) is 10.2 Å². The highest BCUT2D eigenvalue weighted by molar-refractivity contribution is 7.86. The summed E-state index contributed by atoms with van der Waals surface area (Å²) in [6, 6.07) is 3.11. The van der Waals surface area contributed by atoms with E-state index in [1.807, 2.05) is 5.43 Å². The third-order valence-corrected chi connectivity index (χ3v) is 2.73. The Balaban J connectivity index is 3.12. The summed E-state index contributed by atoms with van der Waals surface area (Å²) in [6.45, 7) is 0. The second-order valence-electron chi connectivity index (χ2n) is 3.12. The maximum atomic E-state index is 11.1. The van der Waals surface area contributed by atoms with Crippen molar-refractivity contribution in [2.75, 3.05) is 7.11 Å². The number of nitrogens with zero attached hydrogens (tertiary/aromatic N) is 1. The number of carbonyl (C=O) groups is 1. The van der Waals surface area contributed by atoms with E-state index in [2.05, 4.69) is 5.10 Å². The van der Waals surface area contributed by atoms with Crippen LogP contribution in [0.4, 0.5) is 4.79 Å². The topological polar surface area (TPSA) is 131 Å². The Morgan fingerprint density at radius 2 is 2.22 bits per heavy atom. The van der Waals surface area contributed by atoms with Crippen LogP contribution in [0.25, 0.3) is 0 Å². The Kier molecular flexibility index (Phi) is 4.23. The number of nitrogens with two attached hydrogens (primary N) is 1. The van der Waals surface area contributed by atoms with Crippen molar-refractivity contribution in [1.29, 1.82) is 0 Å². The van der Waals surface area contributed by atoms with Crippen molar-refractivity contribution in [3.63, 3.8) is 0 Å². The average Bonchev–Trinajstić information content (AvgIpc) is 2.27. The van der Waals surface area contributed by atoms with Crippen molar-refractivity contribution in [2.24, 2.45) is 10.8 Å². The summed E-state index contributed by atoms with van der Waals surface area (Å²) in [6.07, 6.45) is 1.17. The minimum Gasteiger partial charge on any atom is -0.495 e. The van der Waals surface area contributed by atoms with Gasteiger partial charge in [0.2, 0.25) is 0 Å². The van der Waals surface area contributed by atoms with E-state index in [-0.39, 0.29) is 5.75 Å². The molecule has 1 aromatic carbocycles. The van der Waals surface area contributed by atoms with E-state index >= 15 is 0 Å². The van der Waals surface area contributed by atoms with Gasteiger partial charge in [-0.3, -0.25) is 4.55 Å². The molecule has 9 heteroatoms. The molecule has 0 spiro atoms. The minimum atomic E-state index is -4.41. The molecule has 0 saturated carbocycles. The van der Waals surface area contributed by atoms with Gasteiger partial charge in [0, 0.05) is 0 Å². The van der Waals surface area contributed by atoms with E-state index in [0.29, 0.717) is 5.56 Å². The monoisotopic (exact) mass is 273 g/mol. The number of primary amides is 1. The van der Waals surface area contributed by atoms with Crippen molar-refractivity contribution in [2.45, 2.75) is 4.90 Å². The van der Waals surface area contributed by atoms with Crippen molar-refractivity contribution >= 4 is 22.4 Å². The zero-order chi connectivity index (χ0) is 13.8. The van der Waals surface area contributed by atoms with Crippen LogP contribution < -0.4 is 15.9 Å². The first-order valence-electron chi connectivity index (χ1n) is 4.58. The molecule has 0 saturated heterocycles. The lowest BCUT2D eigenvalue weighted by Crippen LogP contribution is -2.24. The maximum absolute atomic E-state index is 11.1. The molecule has 0 fully saturated rings. The van der Waals surface area contributed by atoms with Gasteiger partial charge in [0.1, 0.15) is 10.6 Å². The van der Waals surface area contributed by atoms with Gasteiger partial charge in [-0.2, -0.15) is 13.5 Å². The molecule has 4 N–H and O–H groups in total. The standard InChI is InChI=1S/C9H11N3O5S/c1-17-7-3-2-6(5-11-12-9(10)13)4-8(7)18(14,15)16/h2-5H,1H3,(H3,10,12,13)(H,14,15,16). The van der Waals surface area contributed by atoms with Crippen molar-refractivity contribution < 1.29 is 22.5 Å². The number of nitrogens with one attached hydrogen (secondary N) is 1. The van der Waals surface area contributed by atoms with Gasteiger partial charge < -0.3 is 10.5 Å². The SMILES string of the molecule is COc1ccc(C=NNC(N)=O)cc1S(=O)(=O)O. The van der Waals surface area contributed by atoms with Crippen LogP contribution in [0.2, 0.25) is 0 Å². The summed E-state index contributed by atoms with van der Waals surface area (Å²) in [5, 5.41) is 3.45. The fourth-order valence-corrected chi connectivity index (χ4v) is 1.84. The fraction of sp³-hybridized carbons (Fsp3) is 0.111. The lowest BCUT2D eigenvalue weighted by atomic mass is 10.2. The van der Waals surface area contributed by atoms with Crippen LogP contribution in [-0.2, 0) is 10.1 Å². The summed E-state index contributed by atoms with van der Waals surface area (Å²) >= 11 is 0. The summed E-state index contributed by atoms with van der Waals surface area (Å²) < 4.78 is 36.0. The number of rotatable bonds is 4. The van der Waals surface area contributed by atoms with E-state index in [0.717, 1.165) is 6.07 Å². The molecule has 0 aromatic heterocycles. The molecule has 98 valence electrons.